The first-order valence-electron chi connectivity index (χ1n) is 8.96. The van der Waals surface area contributed by atoms with Gasteiger partial charge < -0.3 is 14.9 Å². The Hall–Kier alpha value is -1.96. The van der Waals surface area contributed by atoms with Gasteiger partial charge in [0, 0.05) is 28.0 Å². The van der Waals surface area contributed by atoms with Gasteiger partial charge in [0.2, 0.25) is 0 Å². The molecular weight excluding hydrogens is 440 g/mol. The van der Waals surface area contributed by atoms with Crippen LogP contribution in [0, 0.1) is 13.8 Å². The van der Waals surface area contributed by atoms with E-state index in [9.17, 15) is 14.7 Å². The Kier molecular flexibility index (Phi) is 6.07. The average molecular weight is 463 g/mol. The van der Waals surface area contributed by atoms with Gasteiger partial charge in [-0.05, 0) is 62.6 Å². The van der Waals surface area contributed by atoms with Crippen molar-refractivity contribution in [3.05, 3.63) is 61.3 Å². The summed E-state index contributed by atoms with van der Waals surface area (Å²) in [6, 6.07) is 6.79. The van der Waals surface area contributed by atoms with E-state index < -0.39 is 17.7 Å². The number of carbonyl (C=O) groups excluding carboxylic acids is 2. The van der Waals surface area contributed by atoms with Crippen LogP contribution in [0.15, 0.2) is 39.7 Å². The van der Waals surface area contributed by atoms with Crippen LogP contribution in [0.4, 0.5) is 0 Å². The fourth-order valence-electron chi connectivity index (χ4n) is 3.30. The van der Waals surface area contributed by atoms with Gasteiger partial charge in [0.05, 0.1) is 11.6 Å². The van der Waals surface area contributed by atoms with Crippen molar-refractivity contribution < 1.29 is 14.7 Å². The van der Waals surface area contributed by atoms with Crippen LogP contribution in [0.25, 0.3) is 5.76 Å². The lowest BCUT2D eigenvalue weighted by Crippen LogP contribution is -2.35. The Labute approximate surface area is 177 Å². The summed E-state index contributed by atoms with van der Waals surface area (Å²) in [5.74, 6) is -1.32. The topological polar surface area (TPSA) is 60.9 Å². The van der Waals surface area contributed by atoms with E-state index in [1.807, 2.05) is 56.4 Å². The van der Waals surface area contributed by atoms with Crippen molar-refractivity contribution in [3.8, 4) is 0 Å². The first-order chi connectivity index (χ1) is 13.2. The minimum Gasteiger partial charge on any atom is -0.507 e. The van der Waals surface area contributed by atoms with Gasteiger partial charge in [-0.2, -0.15) is 0 Å². The third-order valence-electron chi connectivity index (χ3n) is 4.91. The molecule has 0 radical (unpaired) electrons. The summed E-state index contributed by atoms with van der Waals surface area (Å²) < 4.78 is 0.918. The number of likely N-dealkylation sites (tertiary alicyclic amines) is 1. The minimum absolute atomic E-state index is 0.126. The summed E-state index contributed by atoms with van der Waals surface area (Å²) in [6.07, 6.45) is 0. The quantitative estimate of drug-likeness (QED) is 0.412. The van der Waals surface area contributed by atoms with E-state index in [-0.39, 0.29) is 11.3 Å². The Bertz CT molecular complexity index is 964. The van der Waals surface area contributed by atoms with Crippen LogP contribution in [-0.4, -0.2) is 53.8 Å². The van der Waals surface area contributed by atoms with E-state index in [1.165, 1.54) is 11.3 Å². The standard InChI is InChI=1S/C21H23BrN2O3S/c1-12-7-10-28-20(12)17-16(18(25)14-5-6-15(22)13(2)11-14)19(26)21(27)24(17)9-8-23(3)4/h5-7,10-11,17,25H,8-9H2,1-4H3/b18-16-. The minimum atomic E-state index is -0.630. The number of likely N-dealkylation sites (N-methyl/N-ethyl adjacent to an activating group) is 1. The number of halogens is 1. The lowest BCUT2D eigenvalue weighted by Gasteiger charge is -2.26. The number of aryl methyl sites for hydroxylation is 2. The molecule has 0 saturated carbocycles. The molecule has 28 heavy (non-hydrogen) atoms. The molecule has 1 aliphatic rings. The number of Topliss-reactive ketones (excluding diaryl/α,β-unsaturated/α-hetero) is 1. The van der Waals surface area contributed by atoms with Crippen LogP contribution in [0.5, 0.6) is 0 Å². The monoisotopic (exact) mass is 462 g/mol. The molecule has 3 rings (SSSR count). The number of nitrogens with zero attached hydrogens (tertiary/aromatic N) is 2. The van der Waals surface area contributed by atoms with Gasteiger partial charge in [0.15, 0.2) is 0 Å². The fourth-order valence-corrected chi connectivity index (χ4v) is 4.60. The van der Waals surface area contributed by atoms with Crippen molar-refractivity contribution in [2.75, 3.05) is 27.2 Å². The first-order valence-corrected chi connectivity index (χ1v) is 10.6. The summed E-state index contributed by atoms with van der Waals surface area (Å²) in [5, 5.41) is 13.0. The number of carbonyl (C=O) groups is 2. The number of hydrogen-bond acceptors (Lipinski definition) is 5. The van der Waals surface area contributed by atoms with E-state index in [2.05, 4.69) is 15.9 Å². The molecule has 0 spiro atoms. The van der Waals surface area contributed by atoms with Gasteiger partial charge in [0.1, 0.15) is 5.76 Å². The van der Waals surface area contributed by atoms with Crippen molar-refractivity contribution in [2.45, 2.75) is 19.9 Å². The summed E-state index contributed by atoms with van der Waals surface area (Å²) >= 11 is 4.95. The van der Waals surface area contributed by atoms with E-state index in [0.717, 1.165) is 20.5 Å². The van der Waals surface area contributed by atoms with Crippen molar-refractivity contribution in [1.29, 1.82) is 0 Å². The Balaban J connectivity index is 2.16. The average Bonchev–Trinajstić information content (AvgIpc) is 3.16. The maximum absolute atomic E-state index is 12.9. The molecular formula is C21H23BrN2O3S. The molecule has 1 fully saturated rings. The summed E-state index contributed by atoms with van der Waals surface area (Å²) in [5.41, 5.74) is 2.64. The van der Waals surface area contributed by atoms with E-state index >= 15 is 0 Å². The summed E-state index contributed by atoms with van der Waals surface area (Å²) in [4.78, 5) is 30.2. The van der Waals surface area contributed by atoms with Crippen molar-refractivity contribution >= 4 is 44.7 Å². The molecule has 5 nitrogen and oxygen atoms in total. The molecule has 2 aromatic rings. The Morgan fingerprint density at radius 2 is 1.93 bits per heavy atom. The van der Waals surface area contributed by atoms with Crippen molar-refractivity contribution in [2.24, 2.45) is 0 Å². The molecule has 1 N–H and O–H groups in total. The van der Waals surface area contributed by atoms with Gasteiger partial charge in [-0.1, -0.05) is 22.0 Å². The molecule has 0 aliphatic carbocycles. The number of thiophene rings is 1. The molecule has 1 atom stereocenters. The number of benzene rings is 1. The second-order valence-electron chi connectivity index (χ2n) is 7.23. The largest absolute Gasteiger partial charge is 0.507 e. The van der Waals surface area contributed by atoms with Crippen LogP contribution >= 0.6 is 27.3 Å². The summed E-state index contributed by atoms with van der Waals surface area (Å²) in [6.45, 7) is 4.92. The maximum atomic E-state index is 12.9. The highest BCUT2D eigenvalue weighted by atomic mass is 79.9. The van der Waals surface area contributed by atoms with E-state index in [0.29, 0.717) is 18.7 Å². The number of aliphatic hydroxyl groups is 1. The highest BCUT2D eigenvalue weighted by molar-refractivity contribution is 9.10. The Morgan fingerprint density at radius 3 is 2.50 bits per heavy atom. The number of rotatable bonds is 5. The third kappa shape index (κ3) is 3.79. The number of amides is 1. The number of hydrogen-bond donors (Lipinski definition) is 1. The second-order valence-corrected chi connectivity index (χ2v) is 9.03. The van der Waals surface area contributed by atoms with Crippen LogP contribution in [0.2, 0.25) is 0 Å². The van der Waals surface area contributed by atoms with E-state index in [4.69, 9.17) is 0 Å². The van der Waals surface area contributed by atoms with Gasteiger partial charge in [-0.25, -0.2) is 0 Å². The maximum Gasteiger partial charge on any atom is 0.295 e. The summed E-state index contributed by atoms with van der Waals surface area (Å²) in [7, 11) is 3.85. The fraction of sp³-hybridized carbons (Fsp3) is 0.333. The highest BCUT2D eigenvalue weighted by Gasteiger charge is 2.46. The molecule has 2 heterocycles. The van der Waals surface area contributed by atoms with Crippen LogP contribution in [-0.2, 0) is 9.59 Å². The van der Waals surface area contributed by atoms with Gasteiger partial charge in [-0.3, -0.25) is 9.59 Å². The predicted octanol–water partition coefficient (Wildman–Crippen LogP) is 4.11. The SMILES string of the molecule is Cc1cc(/C(O)=C2/C(=O)C(=O)N(CCN(C)C)C2c2sccc2C)ccc1Br. The van der Waals surface area contributed by atoms with Crippen LogP contribution in [0.1, 0.15) is 27.6 Å². The highest BCUT2D eigenvalue weighted by Crippen LogP contribution is 2.42. The zero-order valence-corrected chi connectivity index (χ0v) is 18.7. The van der Waals surface area contributed by atoms with Crippen LogP contribution < -0.4 is 0 Å². The van der Waals surface area contributed by atoms with Crippen LogP contribution in [0.3, 0.4) is 0 Å². The molecule has 0 bridgehead atoms. The normalized spacial score (nSPS) is 19.1. The molecule has 1 aromatic heterocycles. The zero-order chi connectivity index (χ0) is 20.6. The first kappa shape index (κ1) is 20.8. The van der Waals surface area contributed by atoms with E-state index in [1.54, 1.807) is 11.0 Å². The lowest BCUT2D eigenvalue weighted by atomic mass is 9.98. The van der Waals surface area contributed by atoms with Crippen molar-refractivity contribution in [1.82, 2.24) is 9.80 Å². The molecule has 1 saturated heterocycles. The molecule has 7 heteroatoms. The van der Waals surface area contributed by atoms with Gasteiger partial charge in [-0.15, -0.1) is 11.3 Å². The predicted molar refractivity (Wildman–Crippen MR) is 115 cm³/mol. The lowest BCUT2D eigenvalue weighted by molar-refractivity contribution is -0.140. The molecule has 1 amide bonds. The van der Waals surface area contributed by atoms with Gasteiger partial charge >= 0.3 is 0 Å². The van der Waals surface area contributed by atoms with Crippen molar-refractivity contribution in [3.63, 3.8) is 0 Å². The number of ketones is 1. The Morgan fingerprint density at radius 1 is 1.21 bits per heavy atom. The molecule has 1 aliphatic heterocycles. The zero-order valence-electron chi connectivity index (χ0n) is 16.3. The van der Waals surface area contributed by atoms with Gasteiger partial charge in [0.25, 0.3) is 11.7 Å². The number of aliphatic hydroxyl groups excluding tert-OH is 1. The molecule has 1 aromatic carbocycles. The smallest absolute Gasteiger partial charge is 0.295 e. The molecule has 148 valence electrons. The second kappa shape index (κ2) is 8.19. The third-order valence-corrected chi connectivity index (χ3v) is 6.87. The molecule has 1 unspecified atom stereocenters.